The lowest BCUT2D eigenvalue weighted by atomic mass is 10.1. The maximum absolute atomic E-state index is 12.1. The summed E-state index contributed by atoms with van der Waals surface area (Å²) < 4.78 is 16.1. The van der Waals surface area contributed by atoms with E-state index in [1.54, 1.807) is 18.1 Å². The number of morpholine rings is 1. The Bertz CT molecular complexity index is 485. The molecule has 2 rings (SSSR count). The van der Waals surface area contributed by atoms with Gasteiger partial charge in [-0.15, -0.1) is 0 Å². The first-order chi connectivity index (χ1) is 10.1. The summed E-state index contributed by atoms with van der Waals surface area (Å²) in [4.78, 5) is 13.8. The van der Waals surface area contributed by atoms with Gasteiger partial charge in [0.05, 0.1) is 20.3 Å². The molecule has 1 heterocycles. The number of rotatable bonds is 5. The first-order valence-corrected chi connectivity index (χ1v) is 7.03. The molecule has 0 unspecified atom stereocenters. The number of hydrogen-bond acceptors (Lipinski definition) is 5. The Kier molecular flexibility index (Phi) is 5.41. The second-order valence-electron chi connectivity index (χ2n) is 4.97. The summed E-state index contributed by atoms with van der Waals surface area (Å²) in [6.45, 7) is 4.25. The molecule has 0 radical (unpaired) electrons. The number of hydrogen-bond donors (Lipinski definition) is 1. The molecule has 116 valence electrons. The van der Waals surface area contributed by atoms with Crippen LogP contribution in [0.15, 0.2) is 18.2 Å². The minimum absolute atomic E-state index is 0.00706. The average Bonchev–Trinajstić information content (AvgIpc) is 2.52. The van der Waals surface area contributed by atoms with Crippen LogP contribution in [-0.4, -0.2) is 50.8 Å². The predicted octanol–water partition coefficient (Wildman–Crippen LogP) is 0.952. The van der Waals surface area contributed by atoms with Gasteiger partial charge in [-0.2, -0.15) is 0 Å². The van der Waals surface area contributed by atoms with Crippen LogP contribution in [0.5, 0.6) is 11.5 Å². The highest BCUT2D eigenvalue weighted by molar-refractivity contribution is 5.78. The fraction of sp³-hybridized carbons (Fsp3) is 0.533. The number of carbonyl (C=O) groups excluding carboxylic acids is 1. The van der Waals surface area contributed by atoms with E-state index in [9.17, 15) is 4.79 Å². The number of carbonyl (C=O) groups is 1. The molecule has 21 heavy (non-hydrogen) atoms. The van der Waals surface area contributed by atoms with Crippen LogP contribution in [0.2, 0.25) is 0 Å². The van der Waals surface area contributed by atoms with E-state index in [0.29, 0.717) is 37.8 Å². The van der Waals surface area contributed by atoms with E-state index in [-0.39, 0.29) is 18.6 Å². The molecule has 0 saturated carbocycles. The van der Waals surface area contributed by atoms with E-state index < -0.39 is 0 Å². The van der Waals surface area contributed by atoms with Crippen LogP contribution in [0, 0.1) is 0 Å². The fourth-order valence-electron chi connectivity index (χ4n) is 2.19. The Morgan fingerprint density at radius 2 is 2.14 bits per heavy atom. The molecule has 6 heteroatoms. The molecule has 0 aliphatic carbocycles. The predicted molar refractivity (Wildman–Crippen MR) is 78.5 cm³/mol. The van der Waals surface area contributed by atoms with Crippen LogP contribution in [0.25, 0.3) is 0 Å². The van der Waals surface area contributed by atoms with Gasteiger partial charge < -0.3 is 24.8 Å². The second kappa shape index (κ2) is 7.28. The van der Waals surface area contributed by atoms with E-state index in [1.807, 2.05) is 19.1 Å². The zero-order valence-electron chi connectivity index (χ0n) is 12.5. The Morgan fingerprint density at radius 1 is 1.43 bits per heavy atom. The number of methoxy groups -OCH3 is 1. The molecule has 1 aliphatic heterocycles. The number of nitrogens with two attached hydrogens (primary N) is 1. The van der Waals surface area contributed by atoms with Gasteiger partial charge in [-0.25, -0.2) is 0 Å². The largest absolute Gasteiger partial charge is 0.497 e. The van der Waals surface area contributed by atoms with Gasteiger partial charge in [-0.3, -0.25) is 4.79 Å². The third-order valence-corrected chi connectivity index (χ3v) is 3.43. The van der Waals surface area contributed by atoms with Crippen LogP contribution in [0.1, 0.15) is 18.5 Å². The quantitative estimate of drug-likeness (QED) is 0.875. The van der Waals surface area contributed by atoms with Crippen LogP contribution in [-0.2, 0) is 9.53 Å². The molecule has 1 atom stereocenters. The summed E-state index contributed by atoms with van der Waals surface area (Å²) in [6, 6.07) is 5.27. The molecule has 1 amide bonds. The summed E-state index contributed by atoms with van der Waals surface area (Å²) in [7, 11) is 1.59. The number of amides is 1. The van der Waals surface area contributed by atoms with Gasteiger partial charge >= 0.3 is 0 Å². The monoisotopic (exact) mass is 294 g/mol. The number of benzene rings is 1. The molecule has 1 aliphatic rings. The molecule has 0 bridgehead atoms. The SMILES string of the molecule is COc1ccc([C@H](C)N)c(OCC(=O)N2CCOCC2)c1. The maximum atomic E-state index is 12.1. The minimum atomic E-state index is -0.176. The standard InChI is InChI=1S/C15H22N2O4/c1-11(16)13-4-3-12(19-2)9-14(13)21-10-15(18)17-5-7-20-8-6-17/h3-4,9,11H,5-8,10,16H2,1-2H3/t11-/m0/s1. The van der Waals surface area contributed by atoms with Crippen molar-refractivity contribution in [1.29, 1.82) is 0 Å². The lowest BCUT2D eigenvalue weighted by Gasteiger charge is -2.27. The molecule has 0 spiro atoms. The van der Waals surface area contributed by atoms with Crippen LogP contribution in [0.4, 0.5) is 0 Å². The molecule has 2 N–H and O–H groups in total. The molecular weight excluding hydrogens is 272 g/mol. The van der Waals surface area contributed by atoms with E-state index in [1.165, 1.54) is 0 Å². The van der Waals surface area contributed by atoms with Crippen molar-refractivity contribution < 1.29 is 19.0 Å². The highest BCUT2D eigenvalue weighted by atomic mass is 16.5. The van der Waals surface area contributed by atoms with Crippen molar-refractivity contribution in [2.24, 2.45) is 5.73 Å². The highest BCUT2D eigenvalue weighted by Crippen LogP contribution is 2.28. The van der Waals surface area contributed by atoms with Gasteiger partial charge in [-0.05, 0) is 13.0 Å². The van der Waals surface area contributed by atoms with Crippen LogP contribution in [0.3, 0.4) is 0 Å². The third-order valence-electron chi connectivity index (χ3n) is 3.43. The van der Waals surface area contributed by atoms with Crippen molar-refractivity contribution >= 4 is 5.91 Å². The van der Waals surface area contributed by atoms with Crippen molar-refractivity contribution in [1.82, 2.24) is 4.90 Å². The smallest absolute Gasteiger partial charge is 0.260 e. The van der Waals surface area contributed by atoms with Gasteiger partial charge in [0, 0.05) is 30.8 Å². The van der Waals surface area contributed by atoms with E-state index in [0.717, 1.165) is 5.56 Å². The van der Waals surface area contributed by atoms with Crippen molar-refractivity contribution in [3.63, 3.8) is 0 Å². The topological polar surface area (TPSA) is 74.0 Å². The van der Waals surface area contributed by atoms with Gasteiger partial charge in [0.25, 0.3) is 5.91 Å². The Labute approximate surface area is 124 Å². The molecule has 6 nitrogen and oxygen atoms in total. The molecule has 0 aromatic heterocycles. The van der Waals surface area contributed by atoms with Crippen LogP contribution >= 0.6 is 0 Å². The molecule has 1 aromatic carbocycles. The maximum Gasteiger partial charge on any atom is 0.260 e. The van der Waals surface area contributed by atoms with E-state index >= 15 is 0 Å². The Balaban J connectivity index is 2.02. The van der Waals surface area contributed by atoms with Gasteiger partial charge in [0.15, 0.2) is 6.61 Å². The van der Waals surface area contributed by atoms with Crippen LogP contribution < -0.4 is 15.2 Å². The lowest BCUT2D eigenvalue weighted by molar-refractivity contribution is -0.137. The summed E-state index contributed by atoms with van der Waals surface area (Å²) in [5, 5.41) is 0. The Hall–Kier alpha value is -1.79. The van der Waals surface area contributed by atoms with Gasteiger partial charge in [-0.1, -0.05) is 6.07 Å². The summed E-state index contributed by atoms with van der Waals surface area (Å²) >= 11 is 0. The summed E-state index contributed by atoms with van der Waals surface area (Å²) in [6.07, 6.45) is 0. The van der Waals surface area contributed by atoms with E-state index in [4.69, 9.17) is 19.9 Å². The zero-order valence-corrected chi connectivity index (χ0v) is 12.5. The van der Waals surface area contributed by atoms with Crippen molar-refractivity contribution in [3.8, 4) is 11.5 Å². The molecular formula is C15H22N2O4. The number of nitrogens with zero attached hydrogens (tertiary/aromatic N) is 1. The minimum Gasteiger partial charge on any atom is -0.497 e. The first-order valence-electron chi connectivity index (χ1n) is 7.03. The van der Waals surface area contributed by atoms with Crippen molar-refractivity contribution in [3.05, 3.63) is 23.8 Å². The van der Waals surface area contributed by atoms with Gasteiger partial charge in [0.2, 0.25) is 0 Å². The fourth-order valence-corrected chi connectivity index (χ4v) is 2.19. The number of ether oxygens (including phenoxy) is 3. The van der Waals surface area contributed by atoms with E-state index in [2.05, 4.69) is 0 Å². The van der Waals surface area contributed by atoms with Crippen molar-refractivity contribution in [2.75, 3.05) is 40.0 Å². The molecule has 1 fully saturated rings. The van der Waals surface area contributed by atoms with Crippen molar-refractivity contribution in [2.45, 2.75) is 13.0 Å². The third kappa shape index (κ3) is 4.09. The summed E-state index contributed by atoms with van der Waals surface area (Å²) in [5.74, 6) is 1.22. The lowest BCUT2D eigenvalue weighted by Crippen LogP contribution is -2.43. The highest BCUT2D eigenvalue weighted by Gasteiger charge is 2.18. The molecule has 1 saturated heterocycles. The normalized spacial score (nSPS) is 16.4. The zero-order chi connectivity index (χ0) is 15.2. The summed E-state index contributed by atoms with van der Waals surface area (Å²) in [5.41, 5.74) is 6.77. The second-order valence-corrected chi connectivity index (χ2v) is 4.97. The molecule has 1 aromatic rings. The Morgan fingerprint density at radius 3 is 2.76 bits per heavy atom. The first kappa shape index (κ1) is 15.6. The average molecular weight is 294 g/mol. The van der Waals surface area contributed by atoms with Gasteiger partial charge in [0.1, 0.15) is 11.5 Å².